The fourth-order valence-electron chi connectivity index (χ4n) is 15.4. The van der Waals surface area contributed by atoms with Gasteiger partial charge in [0.15, 0.2) is 5.96 Å². The summed E-state index contributed by atoms with van der Waals surface area (Å²) in [6.45, 7) is 2.81. The number of aromatic hydroxyl groups is 1. The van der Waals surface area contributed by atoms with Gasteiger partial charge in [0.2, 0.25) is 82.7 Å². The number of fused-ring (bicyclic) bond motifs is 2. The van der Waals surface area contributed by atoms with Crippen LogP contribution >= 0.6 is 11.8 Å². The lowest BCUT2D eigenvalue weighted by atomic mass is 10.0. The summed E-state index contributed by atoms with van der Waals surface area (Å²) in [6.07, 6.45) is 5.30. The number of guanidine groups is 1. The van der Waals surface area contributed by atoms with Gasteiger partial charge < -0.3 is 132 Å². The number of imidazole rings is 1. The molecule has 44 heteroatoms. The van der Waals surface area contributed by atoms with E-state index in [0.717, 1.165) is 5.75 Å². The highest BCUT2D eigenvalue weighted by Gasteiger charge is 2.44. The van der Waals surface area contributed by atoms with Crippen molar-refractivity contribution in [2.45, 2.75) is 239 Å². The molecule has 3 aliphatic heterocycles. The number of aliphatic carboxylic acids is 1. The number of para-hydroxylation sites is 1. The van der Waals surface area contributed by atoms with Gasteiger partial charge in [0, 0.05) is 85.9 Å². The van der Waals surface area contributed by atoms with Crippen LogP contribution in [0.5, 0.6) is 5.75 Å². The molecule has 3 aliphatic rings. The van der Waals surface area contributed by atoms with Crippen LogP contribution in [0, 0.1) is 11.3 Å². The Hall–Kier alpha value is -13.0. The van der Waals surface area contributed by atoms with E-state index in [0.29, 0.717) is 72.5 Å². The molecule has 3 saturated heterocycles. The quantitative estimate of drug-likeness (QED) is 0.00781. The van der Waals surface area contributed by atoms with E-state index >= 15 is 14.4 Å². The molecule has 28 N–H and O–H groups in total. The Morgan fingerprint density at radius 3 is 1.70 bits per heavy atom. The number of urea groups is 1. The van der Waals surface area contributed by atoms with E-state index < -0.39 is 206 Å². The van der Waals surface area contributed by atoms with Gasteiger partial charge in [-0.3, -0.25) is 77.3 Å². The van der Waals surface area contributed by atoms with Crippen molar-refractivity contribution in [3.8, 4) is 5.75 Å². The van der Waals surface area contributed by atoms with Crippen LogP contribution < -0.4 is 97.0 Å². The molecule has 15 atom stereocenters. The second-order valence-corrected chi connectivity index (χ2v) is 34.0. The van der Waals surface area contributed by atoms with Crippen LogP contribution in [-0.4, -0.2) is 276 Å². The minimum absolute atomic E-state index is 0.00966. The number of thioether (sulfide) groups is 1. The number of H-pyrrole nitrogens is 2. The molecule has 0 spiro atoms. The Morgan fingerprint density at radius 1 is 0.569 bits per heavy atom. The number of nitrogens with one attached hydrogen (secondary N) is 18. The molecule has 16 amide bonds. The fourth-order valence-corrected chi connectivity index (χ4v) is 17.0. The van der Waals surface area contributed by atoms with E-state index in [1.165, 1.54) is 41.7 Å². The van der Waals surface area contributed by atoms with E-state index in [9.17, 15) is 82.8 Å². The highest BCUT2D eigenvalue weighted by Crippen LogP contribution is 2.33. The van der Waals surface area contributed by atoms with Gasteiger partial charge in [0.25, 0.3) is 0 Å². The number of benzene rings is 3. The van der Waals surface area contributed by atoms with Gasteiger partial charge in [-0.1, -0.05) is 101 Å². The molecular weight excluding hydrogens is 1710 g/mol. The van der Waals surface area contributed by atoms with Gasteiger partial charge >= 0.3 is 12.0 Å². The number of phenols is 1. The second kappa shape index (κ2) is 51.9. The lowest BCUT2D eigenvalue weighted by Gasteiger charge is -2.30. The minimum Gasteiger partial charge on any atom is -0.508 e. The molecule has 5 aromatic rings. The maximum atomic E-state index is 15.2. The SMILES string of the molecule is CCCCC(NC(=O)C(CO)NC(=O)C(Cc1ccc(O)cc1)NC(=O)C(CO)NC(=O)CCCCC1SCC2NC(=O)NC21)C(=O)NC(CCC(=O)O)C(=O)NC(Cc1c[nH]cn1)C(=O)NC(Cc1ccccc1)C(=O)NC(CCCNC(=N)N)C(=O)NC(Cc1c[nH]c2ccccc12)C(=O)NCC(=O)NC(CCCCN)C(=O)N1CCCC1C(=O)NC(C(N)=O)C(C)C. The molecule has 2 aromatic heterocycles. The van der Waals surface area contributed by atoms with Crippen molar-refractivity contribution < 1.29 is 97.1 Å². The Kier molecular flexibility index (Phi) is 40.9. The van der Waals surface area contributed by atoms with Gasteiger partial charge in [-0.2, -0.15) is 11.8 Å². The van der Waals surface area contributed by atoms with Crippen molar-refractivity contribution in [1.29, 1.82) is 5.41 Å². The minimum atomic E-state index is -1.86. The average Bonchev–Trinajstić information content (AvgIpc) is 1.63. The van der Waals surface area contributed by atoms with E-state index in [1.54, 1.807) is 93.3 Å². The highest BCUT2D eigenvalue weighted by atomic mass is 32.2. The number of unbranched alkanes of at least 4 members (excludes halogenated alkanes) is 3. The van der Waals surface area contributed by atoms with E-state index in [-0.39, 0.29) is 125 Å². The molecule has 0 aliphatic carbocycles. The predicted octanol–water partition coefficient (Wildman–Crippen LogP) is -3.39. The molecular formula is C86H123N23O20S. The number of rotatable bonds is 55. The third-order valence-electron chi connectivity index (χ3n) is 22.5. The number of aromatic nitrogens is 3. The number of likely N-dealkylation sites (tertiary alicyclic amines) is 1. The number of hydrogen-bond acceptors (Lipinski definition) is 23. The largest absolute Gasteiger partial charge is 0.508 e. The number of nitrogens with two attached hydrogens (primary N) is 3. The molecule has 130 heavy (non-hydrogen) atoms. The van der Waals surface area contributed by atoms with Crippen LogP contribution in [-0.2, 0) is 97.6 Å². The number of aliphatic hydroxyl groups excluding tert-OH is 2. The van der Waals surface area contributed by atoms with Gasteiger partial charge in [0.1, 0.15) is 78.3 Å². The Bertz CT molecular complexity index is 4700. The summed E-state index contributed by atoms with van der Waals surface area (Å²) in [4.78, 5) is 236. The molecule has 708 valence electrons. The number of phenolic OH excluding ortho intramolecular Hbond substituents is 1. The first-order valence-corrected chi connectivity index (χ1v) is 44.8. The number of hydrogen-bond donors (Lipinski definition) is 25. The van der Waals surface area contributed by atoms with Crippen LogP contribution in [0.4, 0.5) is 4.79 Å². The third-order valence-corrected chi connectivity index (χ3v) is 24.0. The van der Waals surface area contributed by atoms with Crippen molar-refractivity contribution in [2.24, 2.45) is 23.1 Å². The van der Waals surface area contributed by atoms with Crippen molar-refractivity contribution in [1.82, 2.24) is 99.6 Å². The summed E-state index contributed by atoms with van der Waals surface area (Å²) < 4.78 is 0. The number of aromatic amines is 2. The zero-order chi connectivity index (χ0) is 94.5. The van der Waals surface area contributed by atoms with Gasteiger partial charge in [0.05, 0.1) is 43.9 Å². The zero-order valence-electron chi connectivity index (χ0n) is 72.9. The number of carbonyl (C=O) groups excluding carboxylic acids is 15. The van der Waals surface area contributed by atoms with Crippen molar-refractivity contribution in [3.63, 3.8) is 0 Å². The summed E-state index contributed by atoms with van der Waals surface area (Å²) in [5.41, 5.74) is 19.3. The molecule has 15 unspecified atom stereocenters. The van der Waals surface area contributed by atoms with Gasteiger partial charge in [-0.25, -0.2) is 9.78 Å². The number of carboxylic acids is 1. The topological polar surface area (TPSA) is 684 Å². The van der Waals surface area contributed by atoms with Crippen LogP contribution in [0.3, 0.4) is 0 Å². The van der Waals surface area contributed by atoms with Crippen LogP contribution in [0.2, 0.25) is 0 Å². The Balaban J connectivity index is 0.978. The first-order valence-electron chi connectivity index (χ1n) is 43.7. The number of carboxylic acid groups (broad SMARTS) is 1. The van der Waals surface area contributed by atoms with Crippen LogP contribution in [0.1, 0.15) is 146 Å². The molecule has 0 saturated carbocycles. The number of aliphatic hydroxyl groups is 2. The third kappa shape index (κ3) is 32.0. The Morgan fingerprint density at radius 2 is 1.12 bits per heavy atom. The monoisotopic (exact) mass is 1830 g/mol. The predicted molar refractivity (Wildman–Crippen MR) is 476 cm³/mol. The summed E-state index contributed by atoms with van der Waals surface area (Å²) >= 11 is 1.71. The zero-order valence-corrected chi connectivity index (χ0v) is 73.7. The van der Waals surface area contributed by atoms with Crippen molar-refractivity contribution in [3.05, 3.63) is 120 Å². The molecule has 3 fully saturated rings. The lowest BCUT2D eigenvalue weighted by molar-refractivity contribution is -0.142. The van der Waals surface area contributed by atoms with E-state index in [2.05, 4.69) is 94.7 Å². The van der Waals surface area contributed by atoms with Crippen molar-refractivity contribution in [2.75, 3.05) is 45.1 Å². The lowest BCUT2D eigenvalue weighted by Crippen LogP contribution is -2.61. The summed E-state index contributed by atoms with van der Waals surface area (Å²) in [6, 6.07) is 2.54. The number of primary amides is 1. The highest BCUT2D eigenvalue weighted by molar-refractivity contribution is 8.00. The van der Waals surface area contributed by atoms with E-state index in [4.69, 9.17) is 22.6 Å². The summed E-state index contributed by atoms with van der Waals surface area (Å²) in [7, 11) is 0. The normalized spacial score (nSPS) is 17.6. The van der Waals surface area contributed by atoms with Crippen LogP contribution in [0.25, 0.3) is 10.9 Å². The van der Waals surface area contributed by atoms with E-state index in [1.807, 2.05) is 0 Å². The molecule has 43 nitrogen and oxygen atoms in total. The molecule has 5 heterocycles. The second-order valence-electron chi connectivity index (χ2n) is 32.7. The summed E-state index contributed by atoms with van der Waals surface area (Å²) in [5, 5.41) is 89.2. The van der Waals surface area contributed by atoms with Gasteiger partial charge in [-0.15, -0.1) is 0 Å². The first-order chi connectivity index (χ1) is 62.3. The number of carbonyl (C=O) groups is 16. The Labute approximate surface area is 754 Å². The van der Waals surface area contributed by atoms with Gasteiger partial charge in [-0.05, 0) is 118 Å². The smallest absolute Gasteiger partial charge is 0.315 e. The average molecular weight is 1830 g/mol. The maximum absolute atomic E-state index is 15.2. The van der Waals surface area contributed by atoms with Crippen LogP contribution in [0.15, 0.2) is 97.6 Å². The maximum Gasteiger partial charge on any atom is 0.315 e. The number of amides is 16. The molecule has 0 bridgehead atoms. The molecule has 0 radical (unpaired) electrons. The van der Waals surface area contributed by atoms with Crippen molar-refractivity contribution >= 4 is 123 Å². The number of nitrogens with zero attached hydrogens (tertiary/aromatic N) is 2. The first kappa shape index (κ1) is 102. The standard InChI is InChI=1S/C86H123N23O20S/c1-4-5-20-55(99-82(126)64(44-111)105-79(123)60(37-49-27-29-52(112)30-28-49)102-81(125)63(43-110)97-68(113)26-12-11-25-67-72-65(45-130-67)106-86(129)108-72)75(119)100-57(31-32-70(115)116)77(121)104-62(39-51-41-91-46-95-51)80(124)101-59(36-48-17-7-6-8-18-48)78(122)98-56(23-15-34-92-85(89)90)76(120)103-61(38-50-40-93-54-21-10-9-19-53(50)54)74(118)94-42-69(114)96-58(22-13-14-33-87)84(128)109-35-16-24-66(109)83(127)107-71(47(2)3)73(88)117/h6-10,17-19,21,27-30,40-41,46-47,55-67,71-72,93,110-112H,4-5,11-16,20,22-26,31-39,42-45,87H2,1-3H3,(H2,88,117)(H,91,95)(H,94,118)(H,96,114)(H,97,113)(H,98,122)(H,99,126)(H,100,119)(H,101,124)(H,102,125)(H,103,120)(H,104,121)(H,105,123)(H,107,127)(H,115,116)(H4,89,90,92)(H2,106,108,129). The summed E-state index contributed by atoms with van der Waals surface area (Å²) in [5.74, 6) is -14.3. The fraction of sp³-hybridized carbons (Fsp3) is 0.535. The molecule has 8 rings (SSSR count). The molecule has 3 aromatic carbocycles.